The van der Waals surface area contributed by atoms with Crippen molar-refractivity contribution >= 4 is 21.7 Å². The topological polar surface area (TPSA) is 39.2 Å². The van der Waals surface area contributed by atoms with E-state index in [1.54, 1.807) is 25.4 Å². The van der Waals surface area contributed by atoms with Crippen LogP contribution in [0.3, 0.4) is 0 Å². The molecule has 0 saturated heterocycles. The fourth-order valence-corrected chi connectivity index (χ4v) is 2.00. The second-order valence-corrected chi connectivity index (χ2v) is 4.68. The minimum atomic E-state index is -0.00181. The maximum absolute atomic E-state index is 12.2. The number of hydrogen-bond acceptors (Lipinski definition) is 3. The van der Waals surface area contributed by atoms with E-state index in [2.05, 4.69) is 20.9 Å². The minimum absolute atomic E-state index is 0.00181. The van der Waals surface area contributed by atoms with Crippen LogP contribution in [0.2, 0.25) is 0 Å². The number of rotatable bonds is 4. The van der Waals surface area contributed by atoms with Crippen molar-refractivity contribution in [2.45, 2.75) is 6.42 Å². The van der Waals surface area contributed by atoms with Crippen LogP contribution in [0.4, 0.5) is 0 Å². The van der Waals surface area contributed by atoms with Gasteiger partial charge in [-0.2, -0.15) is 0 Å². The highest BCUT2D eigenvalue weighted by atomic mass is 79.9. The maximum atomic E-state index is 12.2. The van der Waals surface area contributed by atoms with Crippen molar-refractivity contribution < 1.29 is 9.53 Å². The molecule has 0 aliphatic carbocycles. The van der Waals surface area contributed by atoms with Gasteiger partial charge >= 0.3 is 0 Å². The quantitative estimate of drug-likeness (QED) is 0.814. The van der Waals surface area contributed by atoms with Gasteiger partial charge in [0.15, 0.2) is 5.78 Å². The Bertz CT molecular complexity index is 555. The first-order valence-electron chi connectivity index (χ1n) is 5.47. The Balaban J connectivity index is 2.24. The first kappa shape index (κ1) is 12.8. The Morgan fingerprint density at radius 1 is 1.33 bits per heavy atom. The van der Waals surface area contributed by atoms with Gasteiger partial charge < -0.3 is 4.74 Å². The third-order valence-corrected chi connectivity index (χ3v) is 3.03. The number of carbonyl (C=O) groups is 1. The molecule has 0 saturated carbocycles. The smallest absolute Gasteiger partial charge is 0.172 e. The fourth-order valence-electron chi connectivity index (χ4n) is 1.66. The fraction of sp³-hybridized carbons (Fsp3) is 0.143. The molecule has 92 valence electrons. The number of methoxy groups -OCH3 is 1. The SMILES string of the molecule is COc1cc(Br)ccc1C(=O)Cc1ccccn1. The second-order valence-electron chi connectivity index (χ2n) is 3.77. The third-order valence-electron chi connectivity index (χ3n) is 2.53. The Morgan fingerprint density at radius 2 is 2.17 bits per heavy atom. The molecule has 0 amide bonds. The van der Waals surface area contributed by atoms with Crippen LogP contribution in [0.15, 0.2) is 47.1 Å². The first-order valence-corrected chi connectivity index (χ1v) is 6.26. The number of nitrogens with zero attached hydrogens (tertiary/aromatic N) is 1. The van der Waals surface area contributed by atoms with Crippen molar-refractivity contribution in [1.29, 1.82) is 0 Å². The van der Waals surface area contributed by atoms with E-state index in [0.29, 0.717) is 11.3 Å². The van der Waals surface area contributed by atoms with Crippen LogP contribution in [0, 0.1) is 0 Å². The molecule has 1 aromatic heterocycles. The Labute approximate surface area is 114 Å². The molecule has 1 heterocycles. The number of ether oxygens (including phenoxy) is 1. The number of carbonyl (C=O) groups excluding carboxylic acids is 1. The molecular weight excluding hydrogens is 294 g/mol. The highest BCUT2D eigenvalue weighted by Gasteiger charge is 2.13. The van der Waals surface area contributed by atoms with Crippen LogP contribution in [-0.2, 0) is 6.42 Å². The number of pyridine rings is 1. The minimum Gasteiger partial charge on any atom is -0.496 e. The summed E-state index contributed by atoms with van der Waals surface area (Å²) in [5, 5.41) is 0. The molecule has 2 rings (SSSR count). The molecule has 3 nitrogen and oxygen atoms in total. The van der Waals surface area contributed by atoms with Gasteiger partial charge in [-0.15, -0.1) is 0 Å². The average Bonchev–Trinajstić information content (AvgIpc) is 2.39. The molecule has 0 atom stereocenters. The zero-order valence-electron chi connectivity index (χ0n) is 9.89. The number of ketones is 1. The molecule has 0 N–H and O–H groups in total. The predicted molar refractivity (Wildman–Crippen MR) is 73.0 cm³/mol. The number of aromatic nitrogens is 1. The molecular formula is C14H12BrNO2. The summed E-state index contributed by atoms with van der Waals surface area (Å²) in [6.45, 7) is 0. The van der Waals surface area contributed by atoms with Crippen LogP contribution in [0.5, 0.6) is 5.75 Å². The zero-order chi connectivity index (χ0) is 13.0. The monoisotopic (exact) mass is 305 g/mol. The van der Waals surface area contributed by atoms with Gasteiger partial charge in [-0.25, -0.2) is 0 Å². The molecule has 4 heteroatoms. The van der Waals surface area contributed by atoms with E-state index in [9.17, 15) is 4.79 Å². The van der Waals surface area contributed by atoms with Crippen molar-refractivity contribution in [2.24, 2.45) is 0 Å². The number of hydrogen-bond donors (Lipinski definition) is 0. The third kappa shape index (κ3) is 2.96. The van der Waals surface area contributed by atoms with Crippen molar-refractivity contribution in [3.63, 3.8) is 0 Å². The predicted octanol–water partition coefficient (Wildman–Crippen LogP) is 3.28. The summed E-state index contributed by atoms with van der Waals surface area (Å²) in [5.74, 6) is 0.573. The molecule has 1 aromatic carbocycles. The van der Waals surface area contributed by atoms with Crippen LogP contribution in [0.1, 0.15) is 16.1 Å². The van der Waals surface area contributed by atoms with Crippen LogP contribution >= 0.6 is 15.9 Å². The van der Waals surface area contributed by atoms with Gasteiger partial charge in [0.2, 0.25) is 0 Å². The van der Waals surface area contributed by atoms with E-state index < -0.39 is 0 Å². The van der Waals surface area contributed by atoms with Crippen molar-refractivity contribution in [3.05, 3.63) is 58.3 Å². The van der Waals surface area contributed by atoms with E-state index in [1.165, 1.54) is 0 Å². The average molecular weight is 306 g/mol. The summed E-state index contributed by atoms with van der Waals surface area (Å²) in [6, 6.07) is 10.9. The second kappa shape index (κ2) is 5.78. The highest BCUT2D eigenvalue weighted by molar-refractivity contribution is 9.10. The van der Waals surface area contributed by atoms with Gasteiger partial charge in [0.05, 0.1) is 19.1 Å². The van der Waals surface area contributed by atoms with Gasteiger partial charge in [-0.1, -0.05) is 22.0 Å². The molecule has 0 aliphatic heterocycles. The van der Waals surface area contributed by atoms with Crippen molar-refractivity contribution in [2.75, 3.05) is 7.11 Å². The lowest BCUT2D eigenvalue weighted by Gasteiger charge is -2.07. The molecule has 18 heavy (non-hydrogen) atoms. The van der Waals surface area contributed by atoms with Crippen LogP contribution in [-0.4, -0.2) is 17.9 Å². The van der Waals surface area contributed by atoms with E-state index >= 15 is 0 Å². The normalized spacial score (nSPS) is 10.1. The highest BCUT2D eigenvalue weighted by Crippen LogP contribution is 2.24. The lowest BCUT2D eigenvalue weighted by atomic mass is 10.1. The standard InChI is InChI=1S/C14H12BrNO2/c1-18-14-8-10(15)5-6-12(14)13(17)9-11-4-2-3-7-16-11/h2-8H,9H2,1H3. The van der Waals surface area contributed by atoms with E-state index in [1.807, 2.05) is 24.3 Å². The molecule has 0 spiro atoms. The Hall–Kier alpha value is -1.68. The van der Waals surface area contributed by atoms with Crippen LogP contribution in [0.25, 0.3) is 0 Å². The Kier molecular flexibility index (Phi) is 4.10. The lowest BCUT2D eigenvalue weighted by Crippen LogP contribution is -2.06. The number of Topliss-reactive ketones (excluding diaryl/α,β-unsaturated/α-hetero) is 1. The van der Waals surface area contributed by atoms with E-state index in [4.69, 9.17) is 4.74 Å². The molecule has 0 bridgehead atoms. The van der Waals surface area contributed by atoms with Gasteiger partial charge in [0.1, 0.15) is 5.75 Å². The molecule has 2 aromatic rings. The number of benzene rings is 1. The molecule has 0 radical (unpaired) electrons. The largest absolute Gasteiger partial charge is 0.496 e. The lowest BCUT2D eigenvalue weighted by molar-refractivity contribution is 0.0989. The van der Waals surface area contributed by atoms with Gasteiger partial charge in [-0.3, -0.25) is 9.78 Å². The van der Waals surface area contributed by atoms with Gasteiger partial charge in [0.25, 0.3) is 0 Å². The summed E-state index contributed by atoms with van der Waals surface area (Å²) >= 11 is 3.35. The number of halogens is 1. The van der Waals surface area contributed by atoms with Gasteiger partial charge in [-0.05, 0) is 30.3 Å². The maximum Gasteiger partial charge on any atom is 0.172 e. The summed E-state index contributed by atoms with van der Waals surface area (Å²) in [5.41, 5.74) is 1.33. The summed E-state index contributed by atoms with van der Waals surface area (Å²) in [7, 11) is 1.55. The van der Waals surface area contributed by atoms with Crippen molar-refractivity contribution in [3.8, 4) is 5.75 Å². The van der Waals surface area contributed by atoms with Gasteiger partial charge in [0, 0.05) is 16.4 Å². The summed E-state index contributed by atoms with van der Waals surface area (Å²) in [4.78, 5) is 16.3. The molecule has 0 fully saturated rings. The van der Waals surface area contributed by atoms with E-state index in [0.717, 1.165) is 10.2 Å². The summed E-state index contributed by atoms with van der Waals surface area (Å²) in [6.07, 6.45) is 1.96. The van der Waals surface area contributed by atoms with Crippen molar-refractivity contribution in [1.82, 2.24) is 4.98 Å². The zero-order valence-corrected chi connectivity index (χ0v) is 11.5. The molecule has 0 aliphatic rings. The van der Waals surface area contributed by atoms with Crippen LogP contribution < -0.4 is 4.74 Å². The van der Waals surface area contributed by atoms with E-state index in [-0.39, 0.29) is 12.2 Å². The molecule has 0 unspecified atom stereocenters. The summed E-state index contributed by atoms with van der Waals surface area (Å²) < 4.78 is 6.10. The first-order chi connectivity index (χ1) is 8.70. The Morgan fingerprint density at radius 3 is 2.83 bits per heavy atom.